The lowest BCUT2D eigenvalue weighted by atomic mass is 10.1. The van der Waals surface area contributed by atoms with E-state index in [1.54, 1.807) is 0 Å². The van der Waals surface area contributed by atoms with Gasteiger partial charge in [-0.1, -0.05) is 12.1 Å². The van der Waals surface area contributed by atoms with Gasteiger partial charge < -0.3 is 20.7 Å². The molecular weight excluding hydrogens is 453 g/mol. The van der Waals surface area contributed by atoms with Crippen molar-refractivity contribution in [2.24, 2.45) is 10.7 Å². The summed E-state index contributed by atoms with van der Waals surface area (Å²) < 4.78 is 5.57. The summed E-state index contributed by atoms with van der Waals surface area (Å²) in [6.07, 6.45) is 2.11. The molecule has 1 unspecified atom stereocenters. The van der Waals surface area contributed by atoms with Crippen molar-refractivity contribution in [3.63, 3.8) is 0 Å². The molecule has 1 aliphatic heterocycles. The van der Waals surface area contributed by atoms with Crippen molar-refractivity contribution in [2.45, 2.75) is 33.4 Å². The number of benzene rings is 1. The lowest BCUT2D eigenvalue weighted by Crippen LogP contribution is -2.41. The average molecular weight is 481 g/mol. The number of aliphatic imine (C=N–C) groups is 1. The fraction of sp³-hybridized carbons (Fsp3) is 0.400. The van der Waals surface area contributed by atoms with Crippen LogP contribution in [0.4, 0.5) is 11.5 Å². The summed E-state index contributed by atoms with van der Waals surface area (Å²) in [4.78, 5) is 11.2. The molecule has 1 atom stereocenters. The number of nitrogens with zero attached hydrogens (tertiary/aromatic N) is 3. The van der Waals surface area contributed by atoms with Gasteiger partial charge >= 0.3 is 0 Å². The molecule has 6 nitrogen and oxygen atoms in total. The van der Waals surface area contributed by atoms with Gasteiger partial charge in [-0.25, -0.2) is 9.98 Å². The number of aryl methyl sites for hydroxylation is 2. The highest BCUT2D eigenvalue weighted by atomic mass is 127. The average Bonchev–Trinajstić information content (AvgIpc) is 2.63. The Bertz CT molecular complexity index is 778. The Hall–Kier alpha value is -1.87. The summed E-state index contributed by atoms with van der Waals surface area (Å²) in [5, 5.41) is 3.13. The number of hydrogen-bond acceptors (Lipinski definition) is 4. The van der Waals surface area contributed by atoms with E-state index in [0.29, 0.717) is 12.5 Å². The number of hydrogen-bond donors (Lipinski definition) is 2. The molecule has 0 bridgehead atoms. The summed E-state index contributed by atoms with van der Waals surface area (Å²) in [6, 6.07) is 10.2. The van der Waals surface area contributed by atoms with Gasteiger partial charge in [0.25, 0.3) is 0 Å². The van der Waals surface area contributed by atoms with Crippen molar-refractivity contribution in [2.75, 3.05) is 29.9 Å². The van der Waals surface area contributed by atoms with Gasteiger partial charge in [-0.3, -0.25) is 0 Å². The molecule has 1 aliphatic rings. The number of rotatable bonds is 4. The summed E-state index contributed by atoms with van der Waals surface area (Å²) in [6.45, 7) is 9.24. The normalized spacial score (nSPS) is 17.4. The van der Waals surface area contributed by atoms with Crippen LogP contribution in [-0.4, -0.2) is 36.7 Å². The third kappa shape index (κ3) is 6.07. The summed E-state index contributed by atoms with van der Waals surface area (Å²) in [5.41, 5.74) is 10.5. The number of ether oxygens (including phenoxy) is 1. The second-order valence-electron chi connectivity index (χ2n) is 6.78. The van der Waals surface area contributed by atoms with Crippen LogP contribution in [0.5, 0.6) is 0 Å². The van der Waals surface area contributed by atoms with E-state index in [9.17, 15) is 0 Å². The molecule has 1 fully saturated rings. The summed E-state index contributed by atoms with van der Waals surface area (Å²) in [5.74, 6) is 1.38. The van der Waals surface area contributed by atoms with Crippen molar-refractivity contribution in [1.82, 2.24) is 4.98 Å². The SMILES string of the molecule is Cc1ccc(NC(N)=NCc2ccc(N3CCOC(C)C3)nc2)cc1C.I. The maximum Gasteiger partial charge on any atom is 0.193 e. The molecule has 7 heteroatoms. The molecular formula is C20H28IN5O. The van der Waals surface area contributed by atoms with Gasteiger partial charge in [0.2, 0.25) is 0 Å². The van der Waals surface area contributed by atoms with Crippen LogP contribution in [-0.2, 0) is 11.3 Å². The summed E-state index contributed by atoms with van der Waals surface area (Å²) in [7, 11) is 0. The van der Waals surface area contributed by atoms with E-state index in [2.05, 4.69) is 59.2 Å². The molecule has 0 amide bonds. The number of nitrogens with two attached hydrogens (primary N) is 1. The Balaban J connectivity index is 0.00000261. The van der Waals surface area contributed by atoms with Gasteiger partial charge in [0, 0.05) is 25.0 Å². The van der Waals surface area contributed by atoms with Crippen LogP contribution in [0.15, 0.2) is 41.5 Å². The zero-order valence-corrected chi connectivity index (χ0v) is 18.4. The minimum Gasteiger partial charge on any atom is -0.375 e. The first kappa shape index (κ1) is 21.4. The van der Waals surface area contributed by atoms with E-state index in [0.717, 1.165) is 36.8 Å². The van der Waals surface area contributed by atoms with Gasteiger partial charge in [0.15, 0.2) is 5.96 Å². The highest BCUT2D eigenvalue weighted by molar-refractivity contribution is 14.0. The number of nitrogens with one attached hydrogen (secondary N) is 1. The predicted molar refractivity (Wildman–Crippen MR) is 122 cm³/mol. The fourth-order valence-corrected chi connectivity index (χ4v) is 2.91. The number of halogens is 1. The van der Waals surface area contributed by atoms with Gasteiger partial charge in [-0.15, -0.1) is 24.0 Å². The second kappa shape index (κ2) is 9.89. The maximum absolute atomic E-state index is 6.00. The van der Waals surface area contributed by atoms with E-state index in [1.165, 1.54) is 11.1 Å². The minimum atomic E-state index is 0. The van der Waals surface area contributed by atoms with Gasteiger partial charge in [0.1, 0.15) is 5.82 Å². The third-order valence-corrected chi connectivity index (χ3v) is 4.59. The highest BCUT2D eigenvalue weighted by Gasteiger charge is 2.17. The molecule has 3 rings (SSSR count). The van der Waals surface area contributed by atoms with Gasteiger partial charge in [-0.2, -0.15) is 0 Å². The van der Waals surface area contributed by atoms with Crippen LogP contribution < -0.4 is 16.0 Å². The number of pyridine rings is 1. The van der Waals surface area contributed by atoms with E-state index in [-0.39, 0.29) is 30.1 Å². The van der Waals surface area contributed by atoms with Crippen LogP contribution >= 0.6 is 24.0 Å². The zero-order chi connectivity index (χ0) is 18.5. The number of guanidine groups is 1. The number of morpholine rings is 1. The Kier molecular flexibility index (Phi) is 7.85. The van der Waals surface area contributed by atoms with Gasteiger partial charge in [0.05, 0.1) is 19.3 Å². The molecule has 1 aromatic heterocycles. The minimum absolute atomic E-state index is 0. The predicted octanol–water partition coefficient (Wildman–Crippen LogP) is 3.47. The monoisotopic (exact) mass is 481 g/mol. The Morgan fingerprint density at radius 1 is 1.30 bits per heavy atom. The largest absolute Gasteiger partial charge is 0.375 e. The zero-order valence-electron chi connectivity index (χ0n) is 16.1. The molecule has 1 aromatic carbocycles. The molecule has 2 heterocycles. The van der Waals surface area contributed by atoms with E-state index < -0.39 is 0 Å². The van der Waals surface area contributed by atoms with Crippen LogP contribution in [0.1, 0.15) is 23.6 Å². The maximum atomic E-state index is 6.00. The van der Waals surface area contributed by atoms with Crippen molar-refractivity contribution < 1.29 is 4.74 Å². The van der Waals surface area contributed by atoms with Crippen LogP contribution in [0.2, 0.25) is 0 Å². The lowest BCUT2D eigenvalue weighted by molar-refractivity contribution is 0.0529. The Labute approximate surface area is 178 Å². The molecule has 1 saturated heterocycles. The standard InChI is InChI=1S/C20H27N5O.HI/c1-14-4-6-18(10-15(14)2)24-20(21)23-12-17-5-7-19(22-11-17)25-8-9-26-16(3)13-25;/h4-7,10-11,16H,8-9,12-13H2,1-3H3,(H3,21,23,24);1H. The molecule has 0 radical (unpaired) electrons. The molecule has 0 saturated carbocycles. The van der Waals surface area contributed by atoms with Crippen molar-refractivity contribution in [1.29, 1.82) is 0 Å². The Morgan fingerprint density at radius 2 is 2.11 bits per heavy atom. The van der Waals surface area contributed by atoms with Crippen LogP contribution in [0, 0.1) is 13.8 Å². The molecule has 0 aliphatic carbocycles. The quantitative estimate of drug-likeness (QED) is 0.398. The van der Waals surface area contributed by atoms with Crippen LogP contribution in [0.25, 0.3) is 0 Å². The molecule has 0 spiro atoms. The van der Waals surface area contributed by atoms with Gasteiger partial charge in [-0.05, 0) is 55.7 Å². The third-order valence-electron chi connectivity index (χ3n) is 4.59. The molecule has 3 N–H and O–H groups in total. The summed E-state index contributed by atoms with van der Waals surface area (Å²) >= 11 is 0. The molecule has 27 heavy (non-hydrogen) atoms. The highest BCUT2D eigenvalue weighted by Crippen LogP contribution is 2.16. The first-order chi connectivity index (χ1) is 12.5. The van der Waals surface area contributed by atoms with Crippen LogP contribution in [0.3, 0.4) is 0 Å². The number of anilines is 2. The molecule has 2 aromatic rings. The van der Waals surface area contributed by atoms with E-state index in [1.807, 2.05) is 18.3 Å². The first-order valence-electron chi connectivity index (χ1n) is 8.97. The lowest BCUT2D eigenvalue weighted by Gasteiger charge is -2.32. The van der Waals surface area contributed by atoms with E-state index >= 15 is 0 Å². The Morgan fingerprint density at radius 3 is 2.78 bits per heavy atom. The fourth-order valence-electron chi connectivity index (χ4n) is 2.91. The smallest absolute Gasteiger partial charge is 0.193 e. The van der Waals surface area contributed by atoms with Crippen molar-refractivity contribution in [3.8, 4) is 0 Å². The topological polar surface area (TPSA) is 75.8 Å². The number of aromatic nitrogens is 1. The van der Waals surface area contributed by atoms with E-state index in [4.69, 9.17) is 10.5 Å². The first-order valence-corrected chi connectivity index (χ1v) is 8.97. The van der Waals surface area contributed by atoms with Crippen molar-refractivity contribution >= 4 is 41.4 Å². The second-order valence-corrected chi connectivity index (χ2v) is 6.78. The molecule has 146 valence electrons. The van der Waals surface area contributed by atoms with Crippen molar-refractivity contribution in [3.05, 3.63) is 53.2 Å².